The van der Waals surface area contributed by atoms with Gasteiger partial charge in [0.15, 0.2) is 0 Å². The Bertz CT molecular complexity index is 773. The third-order valence-corrected chi connectivity index (χ3v) is 6.60. The lowest BCUT2D eigenvalue weighted by atomic mass is 9.80. The summed E-state index contributed by atoms with van der Waals surface area (Å²) in [6.07, 6.45) is 1.49. The summed E-state index contributed by atoms with van der Waals surface area (Å²) in [4.78, 5) is 4.89. The number of hydrogen-bond acceptors (Lipinski definition) is 3. The van der Waals surface area contributed by atoms with Gasteiger partial charge in [-0.3, -0.25) is 4.90 Å². The minimum atomic E-state index is -0.670. The topological polar surface area (TPSA) is 26.7 Å². The van der Waals surface area contributed by atoms with Gasteiger partial charge in [0.1, 0.15) is 0 Å². The largest absolute Gasteiger partial charge is 0.389 e. The van der Waals surface area contributed by atoms with Gasteiger partial charge < -0.3 is 10.0 Å². The van der Waals surface area contributed by atoms with E-state index in [1.54, 1.807) is 0 Å². The molecule has 3 rings (SSSR count). The third-order valence-electron chi connectivity index (χ3n) is 6.37. The van der Waals surface area contributed by atoms with E-state index < -0.39 is 5.60 Å². The maximum Gasteiger partial charge on any atom is 0.0723 e. The minimum Gasteiger partial charge on any atom is -0.389 e. The van der Waals surface area contributed by atoms with E-state index in [4.69, 9.17) is 11.6 Å². The summed E-state index contributed by atoms with van der Waals surface area (Å²) < 4.78 is 0. The average molecular weight is 401 g/mol. The monoisotopic (exact) mass is 400 g/mol. The van der Waals surface area contributed by atoms with Gasteiger partial charge in [0, 0.05) is 49.9 Å². The van der Waals surface area contributed by atoms with Crippen LogP contribution in [0.5, 0.6) is 0 Å². The predicted octanol–water partition coefficient (Wildman–Crippen LogP) is 4.79. The van der Waals surface area contributed by atoms with E-state index in [0.717, 1.165) is 50.6 Å². The summed E-state index contributed by atoms with van der Waals surface area (Å²) in [5.41, 5.74) is 3.04. The van der Waals surface area contributed by atoms with Crippen LogP contribution in [0.3, 0.4) is 0 Å². The highest BCUT2D eigenvalue weighted by atomic mass is 35.5. The van der Waals surface area contributed by atoms with E-state index in [0.29, 0.717) is 0 Å². The zero-order valence-corrected chi connectivity index (χ0v) is 18.1. The highest BCUT2D eigenvalue weighted by Gasteiger charge is 2.34. The molecule has 2 unspecified atom stereocenters. The van der Waals surface area contributed by atoms with Crippen LogP contribution in [0.1, 0.15) is 31.4 Å². The zero-order chi connectivity index (χ0) is 20.1. The first-order valence-corrected chi connectivity index (χ1v) is 10.8. The number of anilines is 1. The first kappa shape index (κ1) is 21.2. The Labute approximate surface area is 174 Å². The molecule has 0 spiro atoms. The molecule has 0 amide bonds. The summed E-state index contributed by atoms with van der Waals surface area (Å²) in [5.74, 6) is 0.217. The highest BCUT2D eigenvalue weighted by molar-refractivity contribution is 6.30. The Morgan fingerprint density at radius 1 is 1.07 bits per heavy atom. The van der Waals surface area contributed by atoms with Crippen LogP contribution in [0.15, 0.2) is 48.5 Å². The van der Waals surface area contributed by atoms with Crippen molar-refractivity contribution in [2.45, 2.75) is 39.2 Å². The Morgan fingerprint density at radius 2 is 1.79 bits per heavy atom. The smallest absolute Gasteiger partial charge is 0.0723 e. The van der Waals surface area contributed by atoms with Crippen LogP contribution >= 0.6 is 11.6 Å². The summed E-state index contributed by atoms with van der Waals surface area (Å²) in [7, 11) is 0. The maximum absolute atomic E-state index is 11.4. The molecule has 1 fully saturated rings. The number of benzene rings is 2. The Morgan fingerprint density at radius 3 is 2.43 bits per heavy atom. The van der Waals surface area contributed by atoms with Crippen molar-refractivity contribution in [3.8, 4) is 0 Å². The molecule has 152 valence electrons. The highest BCUT2D eigenvalue weighted by Crippen LogP contribution is 2.29. The fourth-order valence-electron chi connectivity index (χ4n) is 4.20. The van der Waals surface area contributed by atoms with Crippen LogP contribution in [0.25, 0.3) is 0 Å². The second kappa shape index (κ2) is 9.30. The fourth-order valence-corrected chi connectivity index (χ4v) is 4.39. The average Bonchev–Trinajstić information content (AvgIpc) is 2.70. The van der Waals surface area contributed by atoms with E-state index in [-0.39, 0.29) is 5.92 Å². The summed E-state index contributed by atoms with van der Waals surface area (Å²) in [6.45, 7) is 11.4. The van der Waals surface area contributed by atoms with E-state index in [1.165, 1.54) is 16.8 Å². The summed E-state index contributed by atoms with van der Waals surface area (Å²) in [5, 5.41) is 12.2. The van der Waals surface area contributed by atoms with Gasteiger partial charge in [0.25, 0.3) is 0 Å². The lowest BCUT2D eigenvalue weighted by Gasteiger charge is -2.41. The number of halogens is 1. The van der Waals surface area contributed by atoms with Gasteiger partial charge in [-0.25, -0.2) is 0 Å². The van der Waals surface area contributed by atoms with E-state index in [9.17, 15) is 5.11 Å². The molecule has 0 aliphatic carbocycles. The molecule has 0 radical (unpaired) electrons. The maximum atomic E-state index is 11.4. The van der Waals surface area contributed by atoms with Gasteiger partial charge >= 0.3 is 0 Å². The van der Waals surface area contributed by atoms with Crippen molar-refractivity contribution in [1.82, 2.24) is 4.90 Å². The van der Waals surface area contributed by atoms with E-state index >= 15 is 0 Å². The zero-order valence-electron chi connectivity index (χ0n) is 17.4. The molecule has 1 N–H and O–H groups in total. The van der Waals surface area contributed by atoms with Crippen molar-refractivity contribution >= 4 is 17.3 Å². The molecule has 2 aromatic rings. The van der Waals surface area contributed by atoms with Crippen molar-refractivity contribution in [2.75, 3.05) is 37.6 Å². The number of aliphatic hydroxyl groups is 1. The number of aryl methyl sites for hydroxylation is 1. The number of hydrogen-bond donors (Lipinski definition) is 1. The molecule has 1 saturated heterocycles. The molecule has 1 aliphatic heterocycles. The van der Waals surface area contributed by atoms with Gasteiger partial charge in [-0.05, 0) is 48.6 Å². The molecule has 2 aromatic carbocycles. The van der Waals surface area contributed by atoms with Gasteiger partial charge in [0.2, 0.25) is 0 Å². The van der Waals surface area contributed by atoms with Crippen LogP contribution in [0.4, 0.5) is 5.69 Å². The molecule has 3 nitrogen and oxygen atoms in total. The van der Waals surface area contributed by atoms with Crippen LogP contribution in [0, 0.1) is 12.8 Å². The van der Waals surface area contributed by atoms with E-state index in [1.807, 2.05) is 18.2 Å². The molecule has 4 heteroatoms. The van der Waals surface area contributed by atoms with Crippen molar-refractivity contribution in [1.29, 1.82) is 0 Å². The molecule has 0 saturated carbocycles. The Kier molecular flexibility index (Phi) is 7.03. The van der Waals surface area contributed by atoms with Gasteiger partial charge in [-0.15, -0.1) is 0 Å². The number of rotatable bonds is 7. The van der Waals surface area contributed by atoms with Crippen LogP contribution in [-0.2, 0) is 6.42 Å². The lowest BCUT2D eigenvalue weighted by Crippen LogP contribution is -2.51. The summed E-state index contributed by atoms with van der Waals surface area (Å²) in [6, 6.07) is 16.5. The van der Waals surface area contributed by atoms with Gasteiger partial charge in [-0.1, -0.05) is 55.8 Å². The molecule has 0 bridgehead atoms. The minimum absolute atomic E-state index is 0.217. The van der Waals surface area contributed by atoms with E-state index in [2.05, 4.69) is 60.9 Å². The standard InChI is InChI=1S/C24H33ClN2O/c1-4-24(28,17-21-9-6-5-8-19(21)2)20(3)18-26-12-14-27(15-13-26)23-11-7-10-22(25)16-23/h5-11,16,20,28H,4,12-15,17-18H2,1-3H3. The molecular formula is C24H33ClN2O. The van der Waals surface area contributed by atoms with Crippen molar-refractivity contribution in [2.24, 2.45) is 5.92 Å². The molecule has 0 aromatic heterocycles. The van der Waals surface area contributed by atoms with Crippen LogP contribution < -0.4 is 4.90 Å². The van der Waals surface area contributed by atoms with Crippen molar-refractivity contribution < 1.29 is 5.11 Å². The number of piperazine rings is 1. The Hall–Kier alpha value is -1.55. The molecule has 1 heterocycles. The van der Waals surface area contributed by atoms with Gasteiger partial charge in [0.05, 0.1) is 5.60 Å². The lowest BCUT2D eigenvalue weighted by molar-refractivity contribution is -0.0282. The van der Waals surface area contributed by atoms with Crippen molar-refractivity contribution in [3.05, 3.63) is 64.7 Å². The SMILES string of the molecule is CCC(O)(Cc1ccccc1C)C(C)CN1CCN(c2cccc(Cl)c2)CC1. The molecule has 28 heavy (non-hydrogen) atoms. The fraction of sp³-hybridized carbons (Fsp3) is 0.500. The quantitative estimate of drug-likeness (QED) is 0.723. The van der Waals surface area contributed by atoms with Crippen LogP contribution in [0.2, 0.25) is 5.02 Å². The predicted molar refractivity (Wildman–Crippen MR) is 119 cm³/mol. The summed E-state index contributed by atoms with van der Waals surface area (Å²) >= 11 is 6.14. The first-order valence-electron chi connectivity index (χ1n) is 10.4. The van der Waals surface area contributed by atoms with Crippen LogP contribution in [-0.4, -0.2) is 48.3 Å². The first-order chi connectivity index (χ1) is 13.4. The van der Waals surface area contributed by atoms with Crippen molar-refractivity contribution in [3.63, 3.8) is 0 Å². The number of nitrogens with zero attached hydrogens (tertiary/aromatic N) is 2. The second-order valence-corrected chi connectivity index (χ2v) is 8.67. The third kappa shape index (κ3) is 5.08. The Balaban J connectivity index is 1.58. The molecule has 2 atom stereocenters. The normalized spacial score (nSPS) is 18.7. The molecular weight excluding hydrogens is 368 g/mol. The second-order valence-electron chi connectivity index (χ2n) is 8.23. The van der Waals surface area contributed by atoms with Gasteiger partial charge in [-0.2, -0.15) is 0 Å². The molecule has 1 aliphatic rings.